The van der Waals surface area contributed by atoms with Crippen molar-refractivity contribution in [1.29, 1.82) is 5.26 Å². The normalized spacial score (nSPS) is 20.9. The van der Waals surface area contributed by atoms with E-state index in [9.17, 15) is 10.1 Å². The lowest BCUT2D eigenvalue weighted by Crippen LogP contribution is -2.36. The lowest BCUT2D eigenvalue weighted by atomic mass is 9.69. The van der Waals surface area contributed by atoms with Crippen LogP contribution in [0.2, 0.25) is 0 Å². The Labute approximate surface area is 165 Å². The number of methoxy groups -OCH3 is 3. The quantitative estimate of drug-likeness (QED) is 0.852. The van der Waals surface area contributed by atoms with Gasteiger partial charge in [-0.1, -0.05) is 13.8 Å². The van der Waals surface area contributed by atoms with Crippen LogP contribution in [-0.2, 0) is 4.79 Å². The second-order valence-electron chi connectivity index (χ2n) is 8.00. The Hall–Kier alpha value is -2.94. The molecule has 0 bridgehead atoms. The number of Topliss-reactive ketones (excluding diaryl/α,β-unsaturated/α-hetero) is 1. The predicted octanol–water partition coefficient (Wildman–Crippen LogP) is 3.84. The zero-order chi connectivity index (χ0) is 20.6. The number of hydrogen-bond acceptors (Lipinski definition) is 6. The minimum Gasteiger partial charge on any atom is -0.493 e. The van der Waals surface area contributed by atoms with Gasteiger partial charge in [-0.25, -0.2) is 0 Å². The fourth-order valence-corrected chi connectivity index (χ4v) is 4.19. The van der Waals surface area contributed by atoms with Crippen LogP contribution < -0.4 is 19.5 Å². The molecule has 148 valence electrons. The molecule has 2 aliphatic rings. The number of rotatable bonds is 4. The highest BCUT2D eigenvalue weighted by atomic mass is 16.5. The summed E-state index contributed by atoms with van der Waals surface area (Å²) < 4.78 is 16.4. The largest absolute Gasteiger partial charge is 0.493 e. The van der Waals surface area contributed by atoms with Crippen LogP contribution in [-0.4, -0.2) is 27.1 Å². The summed E-state index contributed by atoms with van der Waals surface area (Å²) in [7, 11) is 4.65. The molecule has 0 amide bonds. The van der Waals surface area contributed by atoms with E-state index >= 15 is 0 Å². The van der Waals surface area contributed by atoms with Gasteiger partial charge in [-0.05, 0) is 36.5 Å². The Kier molecular flexibility index (Phi) is 5.12. The van der Waals surface area contributed by atoms with Crippen LogP contribution in [0, 0.1) is 16.7 Å². The predicted molar refractivity (Wildman–Crippen MR) is 105 cm³/mol. The van der Waals surface area contributed by atoms with Gasteiger partial charge in [0.2, 0.25) is 5.75 Å². The zero-order valence-corrected chi connectivity index (χ0v) is 17.2. The first-order chi connectivity index (χ1) is 13.3. The third kappa shape index (κ3) is 3.22. The molecule has 28 heavy (non-hydrogen) atoms. The van der Waals surface area contributed by atoms with Gasteiger partial charge in [0, 0.05) is 23.4 Å². The van der Waals surface area contributed by atoms with Gasteiger partial charge in [-0.2, -0.15) is 5.26 Å². The van der Waals surface area contributed by atoms with E-state index in [0.717, 1.165) is 23.4 Å². The van der Waals surface area contributed by atoms with Gasteiger partial charge in [0.25, 0.3) is 0 Å². The maximum atomic E-state index is 13.1. The number of dihydropyridines is 1. The second-order valence-corrected chi connectivity index (χ2v) is 8.00. The van der Waals surface area contributed by atoms with Crippen molar-refractivity contribution in [3.8, 4) is 23.3 Å². The number of carbonyl (C=O) groups excluding carboxylic acids is 1. The number of hydrogen-bond donors (Lipinski definition) is 1. The summed E-state index contributed by atoms with van der Waals surface area (Å²) in [5.41, 5.74) is 3.51. The van der Waals surface area contributed by atoms with Gasteiger partial charge in [0.15, 0.2) is 17.3 Å². The zero-order valence-electron chi connectivity index (χ0n) is 17.2. The van der Waals surface area contributed by atoms with Crippen molar-refractivity contribution in [2.24, 2.45) is 5.41 Å². The third-order valence-electron chi connectivity index (χ3n) is 5.38. The number of nitrogens with one attached hydrogen (secondary N) is 1. The molecule has 1 atom stereocenters. The Morgan fingerprint density at radius 2 is 1.71 bits per heavy atom. The molecule has 0 fully saturated rings. The number of allylic oxidation sites excluding steroid dienone is 4. The molecule has 1 aliphatic heterocycles. The lowest BCUT2D eigenvalue weighted by molar-refractivity contribution is -0.118. The Balaban J connectivity index is 2.25. The average Bonchev–Trinajstić information content (AvgIpc) is 2.64. The molecule has 0 spiro atoms. The number of ether oxygens (including phenoxy) is 3. The minimum atomic E-state index is -0.460. The molecular formula is C22H26N2O4. The van der Waals surface area contributed by atoms with Crippen LogP contribution in [0.3, 0.4) is 0 Å². The summed E-state index contributed by atoms with van der Waals surface area (Å²) in [6.45, 7) is 6.05. The highest BCUT2D eigenvalue weighted by Gasteiger charge is 2.41. The molecular weight excluding hydrogens is 356 g/mol. The number of nitriles is 1. The van der Waals surface area contributed by atoms with Crippen LogP contribution in [0.25, 0.3) is 0 Å². The fourth-order valence-electron chi connectivity index (χ4n) is 4.19. The number of carbonyl (C=O) groups is 1. The summed E-state index contributed by atoms with van der Waals surface area (Å²) in [5.74, 6) is 1.08. The van der Waals surface area contributed by atoms with Crippen LogP contribution in [0.4, 0.5) is 0 Å². The molecule has 0 aromatic heterocycles. The van der Waals surface area contributed by atoms with E-state index < -0.39 is 5.92 Å². The first-order valence-corrected chi connectivity index (χ1v) is 9.20. The van der Waals surface area contributed by atoms with Crippen molar-refractivity contribution in [2.75, 3.05) is 21.3 Å². The second kappa shape index (κ2) is 7.23. The molecule has 1 N–H and O–H groups in total. The summed E-state index contributed by atoms with van der Waals surface area (Å²) >= 11 is 0. The van der Waals surface area contributed by atoms with E-state index in [0.29, 0.717) is 34.8 Å². The molecule has 0 saturated heterocycles. The van der Waals surface area contributed by atoms with E-state index in [4.69, 9.17) is 14.2 Å². The van der Waals surface area contributed by atoms with Crippen molar-refractivity contribution >= 4 is 5.78 Å². The molecule has 0 saturated carbocycles. The van der Waals surface area contributed by atoms with Gasteiger partial charge in [-0.15, -0.1) is 0 Å². The number of benzene rings is 1. The van der Waals surface area contributed by atoms with E-state index in [-0.39, 0.29) is 11.2 Å². The molecule has 1 heterocycles. The fraction of sp³-hybridized carbons (Fsp3) is 0.455. The van der Waals surface area contributed by atoms with E-state index in [2.05, 4.69) is 25.2 Å². The first kappa shape index (κ1) is 19.8. The summed E-state index contributed by atoms with van der Waals surface area (Å²) in [5, 5.41) is 13.2. The van der Waals surface area contributed by atoms with Crippen LogP contribution in [0.15, 0.2) is 34.7 Å². The molecule has 1 aliphatic carbocycles. The average molecular weight is 382 g/mol. The summed E-state index contributed by atoms with van der Waals surface area (Å²) in [6.07, 6.45) is 1.21. The van der Waals surface area contributed by atoms with Crippen LogP contribution in [0.5, 0.6) is 17.2 Å². The van der Waals surface area contributed by atoms with Crippen molar-refractivity contribution < 1.29 is 19.0 Å². The lowest BCUT2D eigenvalue weighted by Gasteiger charge is -2.38. The van der Waals surface area contributed by atoms with Crippen molar-refractivity contribution in [3.63, 3.8) is 0 Å². The van der Waals surface area contributed by atoms with Crippen molar-refractivity contribution in [2.45, 2.75) is 39.5 Å². The molecule has 0 radical (unpaired) electrons. The topological polar surface area (TPSA) is 80.6 Å². The summed E-state index contributed by atoms with van der Waals surface area (Å²) in [6, 6.07) is 5.94. The van der Waals surface area contributed by atoms with E-state index in [1.165, 1.54) is 0 Å². The number of nitrogens with zero attached hydrogens (tertiary/aromatic N) is 1. The molecule has 1 aromatic rings. The molecule has 0 unspecified atom stereocenters. The SMILES string of the molecule is COc1cc([C@@H]2C(C#N)=C(C)NC3=C2C(=O)CC(C)(C)C3)cc(OC)c1OC. The van der Waals surface area contributed by atoms with Crippen molar-refractivity contribution in [3.05, 3.63) is 40.2 Å². The summed E-state index contributed by atoms with van der Waals surface area (Å²) in [4.78, 5) is 13.1. The van der Waals surface area contributed by atoms with E-state index in [1.807, 2.05) is 19.1 Å². The van der Waals surface area contributed by atoms with Gasteiger partial charge in [0.05, 0.1) is 38.9 Å². The van der Waals surface area contributed by atoms with Crippen LogP contribution in [0.1, 0.15) is 45.1 Å². The highest BCUT2D eigenvalue weighted by molar-refractivity contribution is 6.00. The highest BCUT2D eigenvalue weighted by Crippen LogP contribution is 2.49. The van der Waals surface area contributed by atoms with Gasteiger partial charge < -0.3 is 19.5 Å². The first-order valence-electron chi connectivity index (χ1n) is 9.20. The van der Waals surface area contributed by atoms with Gasteiger partial charge >= 0.3 is 0 Å². The molecule has 1 aromatic carbocycles. The van der Waals surface area contributed by atoms with Crippen LogP contribution >= 0.6 is 0 Å². The maximum absolute atomic E-state index is 13.1. The minimum absolute atomic E-state index is 0.0674. The third-order valence-corrected chi connectivity index (χ3v) is 5.38. The smallest absolute Gasteiger partial charge is 0.203 e. The Morgan fingerprint density at radius 1 is 1.11 bits per heavy atom. The van der Waals surface area contributed by atoms with Gasteiger partial charge in [-0.3, -0.25) is 4.79 Å². The standard InChI is InChI=1S/C22H26N2O4/c1-12-14(11-23)19(20-15(24-12)9-22(2,3)10-16(20)25)13-7-17(26-4)21(28-6)18(8-13)27-5/h7-8,19,24H,9-10H2,1-6H3/t19-/m1/s1. The molecule has 6 heteroatoms. The van der Waals surface area contributed by atoms with Gasteiger partial charge in [0.1, 0.15) is 0 Å². The molecule has 3 rings (SSSR count). The van der Waals surface area contributed by atoms with Crippen molar-refractivity contribution in [1.82, 2.24) is 5.32 Å². The maximum Gasteiger partial charge on any atom is 0.203 e. The monoisotopic (exact) mass is 382 g/mol. The van der Waals surface area contributed by atoms with E-state index in [1.54, 1.807) is 21.3 Å². The Bertz CT molecular complexity index is 909. The Morgan fingerprint density at radius 3 is 2.21 bits per heavy atom. The number of ketones is 1. The molecule has 6 nitrogen and oxygen atoms in total.